The quantitative estimate of drug-likeness (QED) is 0.789. The van der Waals surface area contributed by atoms with Crippen LogP contribution in [-0.4, -0.2) is 47.1 Å². The molecule has 0 radical (unpaired) electrons. The average molecular weight is 334 g/mol. The third-order valence-corrected chi connectivity index (χ3v) is 4.69. The molecule has 1 unspecified atom stereocenters. The van der Waals surface area contributed by atoms with Crippen LogP contribution in [0.2, 0.25) is 0 Å². The van der Waals surface area contributed by atoms with Gasteiger partial charge in [-0.3, -0.25) is 9.59 Å². The summed E-state index contributed by atoms with van der Waals surface area (Å²) in [6.07, 6.45) is 6.64. The van der Waals surface area contributed by atoms with E-state index in [4.69, 9.17) is 15.0 Å². The van der Waals surface area contributed by atoms with Crippen molar-refractivity contribution in [3.05, 3.63) is 23.9 Å². The Balaban J connectivity index is 1.74. The van der Waals surface area contributed by atoms with Crippen molar-refractivity contribution in [2.75, 3.05) is 20.2 Å². The third-order valence-electron chi connectivity index (χ3n) is 4.69. The minimum atomic E-state index is -0.510. The highest BCUT2D eigenvalue weighted by Gasteiger charge is 2.43. The summed E-state index contributed by atoms with van der Waals surface area (Å²) in [5, 5.41) is 3.83. The summed E-state index contributed by atoms with van der Waals surface area (Å²) in [6.45, 7) is 0.914. The number of allylic oxidation sites excluding steroid dienone is 2. The largest absolute Gasteiger partial charge is 0.377 e. The van der Waals surface area contributed by atoms with Crippen molar-refractivity contribution in [1.82, 2.24) is 15.0 Å². The number of rotatable bonds is 5. The Labute approximate surface area is 140 Å². The number of methoxy groups -OCH3 is 1. The van der Waals surface area contributed by atoms with Crippen LogP contribution in [0.25, 0.3) is 0 Å². The highest BCUT2D eigenvalue weighted by atomic mass is 16.5. The van der Waals surface area contributed by atoms with Gasteiger partial charge < -0.3 is 19.9 Å². The minimum Gasteiger partial charge on any atom is -0.377 e. The molecule has 8 nitrogen and oxygen atoms in total. The Morgan fingerprint density at radius 3 is 2.92 bits per heavy atom. The lowest BCUT2D eigenvalue weighted by molar-refractivity contribution is -0.135. The Morgan fingerprint density at radius 1 is 1.42 bits per heavy atom. The monoisotopic (exact) mass is 334 g/mol. The third kappa shape index (κ3) is 3.33. The van der Waals surface area contributed by atoms with Crippen LogP contribution in [-0.2, 0) is 20.9 Å². The van der Waals surface area contributed by atoms with Gasteiger partial charge in [0, 0.05) is 26.1 Å². The smallest absolute Gasteiger partial charge is 0.232 e. The molecule has 130 valence electrons. The number of primary amides is 1. The maximum atomic E-state index is 12.7. The molecule has 1 saturated heterocycles. The molecule has 8 heteroatoms. The highest BCUT2D eigenvalue weighted by molar-refractivity contribution is 5.83. The van der Waals surface area contributed by atoms with E-state index in [1.54, 1.807) is 4.90 Å². The molecule has 2 heterocycles. The Kier molecular flexibility index (Phi) is 4.94. The van der Waals surface area contributed by atoms with Crippen LogP contribution in [0.5, 0.6) is 0 Å². The number of carbonyl (C=O) groups is 2. The molecule has 0 saturated carbocycles. The first-order chi connectivity index (χ1) is 11.6. The Morgan fingerprint density at radius 2 is 2.25 bits per heavy atom. The molecular weight excluding hydrogens is 312 g/mol. The zero-order chi connectivity index (χ0) is 17.1. The van der Waals surface area contributed by atoms with Crippen molar-refractivity contribution >= 4 is 11.8 Å². The van der Waals surface area contributed by atoms with Gasteiger partial charge in [-0.05, 0) is 19.3 Å². The van der Waals surface area contributed by atoms with Crippen LogP contribution in [0.1, 0.15) is 36.9 Å². The van der Waals surface area contributed by atoms with Crippen molar-refractivity contribution in [3.63, 3.8) is 0 Å². The summed E-state index contributed by atoms with van der Waals surface area (Å²) in [5.74, 6) is -0.515. The summed E-state index contributed by atoms with van der Waals surface area (Å²) in [4.78, 5) is 30.5. The van der Waals surface area contributed by atoms with E-state index >= 15 is 0 Å². The van der Waals surface area contributed by atoms with Crippen LogP contribution >= 0.6 is 0 Å². The van der Waals surface area contributed by atoms with Gasteiger partial charge >= 0.3 is 0 Å². The van der Waals surface area contributed by atoms with E-state index in [9.17, 15) is 9.59 Å². The number of aromatic nitrogens is 2. The molecule has 0 aromatic carbocycles. The second-order valence-electron chi connectivity index (χ2n) is 6.32. The van der Waals surface area contributed by atoms with Gasteiger partial charge in [0.05, 0.1) is 11.8 Å². The summed E-state index contributed by atoms with van der Waals surface area (Å²) in [7, 11) is 1.54. The van der Waals surface area contributed by atoms with Gasteiger partial charge in [-0.2, -0.15) is 4.98 Å². The maximum absolute atomic E-state index is 12.7. The molecular formula is C16H22N4O4. The van der Waals surface area contributed by atoms with Gasteiger partial charge in [-0.25, -0.2) is 0 Å². The molecule has 1 aliphatic carbocycles. The predicted molar refractivity (Wildman–Crippen MR) is 83.5 cm³/mol. The Bertz CT molecular complexity index is 642. The molecule has 1 aromatic heterocycles. The fraction of sp³-hybridized carbons (Fsp3) is 0.625. The van der Waals surface area contributed by atoms with Gasteiger partial charge in [-0.15, -0.1) is 0 Å². The zero-order valence-electron chi connectivity index (χ0n) is 13.7. The minimum absolute atomic E-state index is 0.0194. The number of likely N-dealkylation sites (tertiary alicyclic amines) is 1. The fourth-order valence-electron chi connectivity index (χ4n) is 3.40. The van der Waals surface area contributed by atoms with Crippen LogP contribution in [0.3, 0.4) is 0 Å². The van der Waals surface area contributed by atoms with Crippen molar-refractivity contribution in [2.45, 2.75) is 31.8 Å². The molecule has 24 heavy (non-hydrogen) atoms. The predicted octanol–water partition coefficient (Wildman–Crippen LogP) is 0.600. The number of nitrogens with two attached hydrogens (primary N) is 1. The van der Waals surface area contributed by atoms with Crippen LogP contribution in [0, 0.1) is 11.8 Å². The number of nitrogens with zero attached hydrogens (tertiary/aromatic N) is 3. The normalized spacial score (nSPS) is 26.7. The zero-order valence-corrected chi connectivity index (χ0v) is 13.7. The first kappa shape index (κ1) is 16.6. The summed E-state index contributed by atoms with van der Waals surface area (Å²) >= 11 is 0. The van der Waals surface area contributed by atoms with Crippen molar-refractivity contribution in [2.24, 2.45) is 17.6 Å². The Hall–Kier alpha value is -2.22. The lowest BCUT2D eigenvalue weighted by atomic mass is 9.93. The lowest BCUT2D eigenvalue weighted by Crippen LogP contribution is -2.36. The van der Waals surface area contributed by atoms with Crippen LogP contribution < -0.4 is 5.73 Å². The van der Waals surface area contributed by atoms with E-state index in [1.165, 1.54) is 7.11 Å². The second-order valence-corrected chi connectivity index (χ2v) is 6.32. The number of hydrogen-bond donors (Lipinski definition) is 1. The average Bonchev–Trinajstić information content (AvgIpc) is 3.22. The van der Waals surface area contributed by atoms with Gasteiger partial charge in [-0.1, -0.05) is 17.3 Å². The topological polar surface area (TPSA) is 112 Å². The molecule has 3 rings (SSSR count). The molecule has 2 amide bonds. The first-order valence-electron chi connectivity index (χ1n) is 8.14. The first-order valence-corrected chi connectivity index (χ1v) is 8.14. The van der Waals surface area contributed by atoms with Gasteiger partial charge in [0.1, 0.15) is 6.61 Å². The second kappa shape index (κ2) is 7.12. The molecule has 0 bridgehead atoms. The van der Waals surface area contributed by atoms with E-state index in [2.05, 4.69) is 16.2 Å². The van der Waals surface area contributed by atoms with E-state index in [0.29, 0.717) is 24.8 Å². The van der Waals surface area contributed by atoms with Gasteiger partial charge in [0.25, 0.3) is 0 Å². The highest BCUT2D eigenvalue weighted by Crippen LogP contribution is 2.33. The van der Waals surface area contributed by atoms with Crippen LogP contribution in [0.4, 0.5) is 0 Å². The van der Waals surface area contributed by atoms with Crippen molar-refractivity contribution in [3.8, 4) is 0 Å². The molecule has 3 atom stereocenters. The molecule has 1 aromatic rings. The summed E-state index contributed by atoms with van der Waals surface area (Å²) < 4.78 is 10.2. The van der Waals surface area contributed by atoms with Crippen LogP contribution in [0.15, 0.2) is 16.7 Å². The molecule has 1 fully saturated rings. The van der Waals surface area contributed by atoms with E-state index < -0.39 is 11.8 Å². The van der Waals surface area contributed by atoms with E-state index in [0.717, 1.165) is 19.3 Å². The summed E-state index contributed by atoms with van der Waals surface area (Å²) in [5.41, 5.74) is 5.53. The number of hydrogen-bond acceptors (Lipinski definition) is 6. The maximum Gasteiger partial charge on any atom is 0.232 e. The fourth-order valence-corrected chi connectivity index (χ4v) is 3.40. The molecule has 2 aliphatic rings. The van der Waals surface area contributed by atoms with Crippen molar-refractivity contribution < 1.29 is 18.8 Å². The molecule has 1 aliphatic heterocycles. The molecule has 2 N–H and O–H groups in total. The number of carbonyl (C=O) groups excluding carboxylic acids is 2. The lowest BCUT2D eigenvalue weighted by Gasteiger charge is -2.24. The van der Waals surface area contributed by atoms with Gasteiger partial charge in [0.15, 0.2) is 5.82 Å². The van der Waals surface area contributed by atoms with Crippen molar-refractivity contribution in [1.29, 1.82) is 0 Å². The van der Waals surface area contributed by atoms with E-state index in [1.807, 2.05) is 6.08 Å². The molecule has 0 spiro atoms. The summed E-state index contributed by atoms with van der Waals surface area (Å²) in [6, 6.07) is 0. The SMILES string of the molecule is COCc1noc([C@@H]2CN(C(=O)C3CC=CCC3)C[C@H]2C(N)=O)n1. The van der Waals surface area contributed by atoms with Gasteiger partial charge in [0.2, 0.25) is 17.7 Å². The number of ether oxygens (including phenoxy) is 1. The standard InChI is InChI=1S/C16H22N4O4/c1-23-9-13-18-15(24-19-13)12-8-20(7-11(12)14(17)21)16(22)10-5-3-2-4-6-10/h2-3,10-12H,4-9H2,1H3,(H2,17,21)/t10?,11-,12-/m1/s1. The van der Waals surface area contributed by atoms with E-state index in [-0.39, 0.29) is 24.3 Å². The number of amides is 2.